The molecule has 0 spiro atoms. The monoisotopic (exact) mass is 217 g/mol. The number of aromatic hydroxyl groups is 1. The van der Waals surface area contributed by atoms with E-state index in [1.54, 1.807) is 6.07 Å². The number of rotatable bonds is 1. The highest BCUT2D eigenvalue weighted by Gasteiger charge is 2.40. The van der Waals surface area contributed by atoms with Gasteiger partial charge in [0.1, 0.15) is 5.75 Å². The Balaban J connectivity index is 1.96. The largest absolute Gasteiger partial charge is 0.508 e. The number of benzene rings is 1. The molecule has 0 aromatic heterocycles. The molecule has 16 heavy (non-hydrogen) atoms. The zero-order chi connectivity index (χ0) is 11.0. The summed E-state index contributed by atoms with van der Waals surface area (Å²) in [7, 11) is 0. The van der Waals surface area contributed by atoms with E-state index in [0.29, 0.717) is 17.2 Å². The van der Waals surface area contributed by atoms with E-state index in [2.05, 4.69) is 11.4 Å². The predicted molar refractivity (Wildman–Crippen MR) is 64.7 cm³/mol. The maximum Gasteiger partial charge on any atom is 0.115 e. The lowest BCUT2D eigenvalue weighted by atomic mass is 9.64. The van der Waals surface area contributed by atoms with E-state index in [0.717, 1.165) is 6.54 Å². The minimum atomic E-state index is 0.340. The summed E-state index contributed by atoms with van der Waals surface area (Å²) < 4.78 is 0. The van der Waals surface area contributed by atoms with Crippen LogP contribution < -0.4 is 5.32 Å². The Morgan fingerprint density at radius 1 is 1.31 bits per heavy atom. The van der Waals surface area contributed by atoms with E-state index in [1.807, 2.05) is 12.1 Å². The summed E-state index contributed by atoms with van der Waals surface area (Å²) in [6.07, 6.45) is 6.38. The average Bonchev–Trinajstić information content (AvgIpc) is 2.29. The van der Waals surface area contributed by atoms with Gasteiger partial charge in [-0.2, -0.15) is 0 Å². The third-order valence-electron chi connectivity index (χ3n) is 4.34. The fourth-order valence-electron chi connectivity index (χ4n) is 3.52. The summed E-state index contributed by atoms with van der Waals surface area (Å²) in [5.41, 5.74) is 1.69. The SMILES string of the molecule is Oc1cccc([C@@]23CCCC(C2)NCC3)c1. The standard InChI is InChI=1S/C14H19NO/c16-13-5-1-3-11(9-13)14-6-2-4-12(10-14)15-8-7-14/h1,3,5,9,12,15-16H,2,4,6-8,10H2/t12?,14-/m1/s1. The Hall–Kier alpha value is -1.02. The van der Waals surface area contributed by atoms with Gasteiger partial charge in [0.05, 0.1) is 0 Å². The zero-order valence-electron chi connectivity index (χ0n) is 9.58. The maximum atomic E-state index is 9.62. The fourth-order valence-corrected chi connectivity index (χ4v) is 3.52. The summed E-state index contributed by atoms with van der Waals surface area (Å²) in [4.78, 5) is 0. The van der Waals surface area contributed by atoms with E-state index in [9.17, 15) is 5.11 Å². The molecule has 2 N–H and O–H groups in total. The van der Waals surface area contributed by atoms with Crippen LogP contribution in [0.15, 0.2) is 24.3 Å². The molecule has 2 heteroatoms. The van der Waals surface area contributed by atoms with Crippen molar-refractivity contribution in [3.8, 4) is 5.75 Å². The molecule has 1 aromatic rings. The highest BCUT2D eigenvalue weighted by Crippen LogP contribution is 2.44. The van der Waals surface area contributed by atoms with Crippen molar-refractivity contribution in [2.24, 2.45) is 0 Å². The van der Waals surface area contributed by atoms with E-state index in [1.165, 1.54) is 37.7 Å². The molecule has 3 rings (SSSR count). The normalized spacial score (nSPS) is 33.6. The van der Waals surface area contributed by atoms with Crippen molar-refractivity contribution in [1.82, 2.24) is 5.32 Å². The first kappa shape index (κ1) is 10.2. The smallest absolute Gasteiger partial charge is 0.115 e. The van der Waals surface area contributed by atoms with Crippen LogP contribution in [-0.2, 0) is 5.41 Å². The molecule has 1 aromatic carbocycles. The van der Waals surface area contributed by atoms with Gasteiger partial charge in [0.15, 0.2) is 0 Å². The summed E-state index contributed by atoms with van der Waals surface area (Å²) in [5, 5.41) is 13.2. The van der Waals surface area contributed by atoms with Gasteiger partial charge in [-0.1, -0.05) is 18.6 Å². The van der Waals surface area contributed by atoms with Gasteiger partial charge in [-0.05, 0) is 55.3 Å². The van der Waals surface area contributed by atoms with Gasteiger partial charge in [0, 0.05) is 6.04 Å². The highest BCUT2D eigenvalue weighted by atomic mass is 16.3. The Morgan fingerprint density at radius 2 is 2.25 bits per heavy atom. The van der Waals surface area contributed by atoms with Crippen molar-refractivity contribution >= 4 is 0 Å². The second-order valence-corrected chi connectivity index (χ2v) is 5.33. The van der Waals surface area contributed by atoms with Crippen molar-refractivity contribution in [1.29, 1.82) is 0 Å². The molecule has 2 atom stereocenters. The van der Waals surface area contributed by atoms with Crippen LogP contribution in [0.2, 0.25) is 0 Å². The number of phenols is 1. The van der Waals surface area contributed by atoms with Crippen LogP contribution in [0, 0.1) is 0 Å². The average molecular weight is 217 g/mol. The highest BCUT2D eigenvalue weighted by molar-refractivity contribution is 5.34. The topological polar surface area (TPSA) is 32.3 Å². The molecular formula is C14H19NO. The lowest BCUT2D eigenvalue weighted by Gasteiger charge is -2.46. The van der Waals surface area contributed by atoms with Crippen molar-refractivity contribution < 1.29 is 5.11 Å². The maximum absolute atomic E-state index is 9.62. The van der Waals surface area contributed by atoms with Gasteiger partial charge in [0.2, 0.25) is 0 Å². The van der Waals surface area contributed by atoms with Crippen LogP contribution in [0.4, 0.5) is 0 Å². The van der Waals surface area contributed by atoms with Crippen molar-refractivity contribution in [2.45, 2.75) is 43.6 Å². The van der Waals surface area contributed by atoms with Crippen molar-refractivity contribution in [3.05, 3.63) is 29.8 Å². The summed E-state index contributed by atoms with van der Waals surface area (Å²) in [6, 6.07) is 8.60. The van der Waals surface area contributed by atoms with Crippen molar-refractivity contribution in [2.75, 3.05) is 6.54 Å². The second-order valence-electron chi connectivity index (χ2n) is 5.33. The first-order valence-corrected chi connectivity index (χ1v) is 6.31. The lowest BCUT2D eigenvalue weighted by molar-refractivity contribution is 0.180. The van der Waals surface area contributed by atoms with Crippen LogP contribution in [0.3, 0.4) is 0 Å². The van der Waals surface area contributed by atoms with Gasteiger partial charge in [-0.3, -0.25) is 0 Å². The van der Waals surface area contributed by atoms with Crippen LogP contribution in [-0.4, -0.2) is 17.7 Å². The van der Waals surface area contributed by atoms with Gasteiger partial charge in [-0.15, -0.1) is 0 Å². The Labute approximate surface area is 96.7 Å². The molecule has 1 saturated carbocycles. The number of piperidine rings is 1. The number of fused-ring (bicyclic) bond motifs is 2. The first-order valence-electron chi connectivity index (χ1n) is 6.31. The molecule has 2 bridgehead atoms. The molecule has 1 aliphatic carbocycles. The lowest BCUT2D eigenvalue weighted by Crippen LogP contribution is -2.49. The summed E-state index contributed by atoms with van der Waals surface area (Å²) >= 11 is 0. The third kappa shape index (κ3) is 1.61. The molecular weight excluding hydrogens is 198 g/mol. The molecule has 2 aliphatic rings. The molecule has 1 aliphatic heterocycles. The van der Waals surface area contributed by atoms with Gasteiger partial charge < -0.3 is 10.4 Å². The molecule has 1 unspecified atom stereocenters. The van der Waals surface area contributed by atoms with Crippen LogP contribution in [0.1, 0.15) is 37.7 Å². The number of hydrogen-bond acceptors (Lipinski definition) is 2. The molecule has 0 radical (unpaired) electrons. The van der Waals surface area contributed by atoms with Gasteiger partial charge in [0.25, 0.3) is 0 Å². The zero-order valence-corrected chi connectivity index (χ0v) is 9.58. The minimum Gasteiger partial charge on any atom is -0.508 e. The third-order valence-corrected chi connectivity index (χ3v) is 4.34. The Bertz CT molecular complexity index is 378. The number of phenolic OH excluding ortho intramolecular Hbond substituents is 1. The Morgan fingerprint density at radius 3 is 3.12 bits per heavy atom. The van der Waals surface area contributed by atoms with Crippen LogP contribution in [0.25, 0.3) is 0 Å². The molecule has 0 amide bonds. The molecule has 1 saturated heterocycles. The van der Waals surface area contributed by atoms with Crippen molar-refractivity contribution in [3.63, 3.8) is 0 Å². The van der Waals surface area contributed by atoms with Gasteiger partial charge in [-0.25, -0.2) is 0 Å². The molecule has 86 valence electrons. The summed E-state index contributed by atoms with van der Waals surface area (Å²) in [6.45, 7) is 1.13. The quantitative estimate of drug-likeness (QED) is 0.757. The van der Waals surface area contributed by atoms with E-state index in [-0.39, 0.29) is 0 Å². The Kier molecular flexibility index (Phi) is 2.40. The van der Waals surface area contributed by atoms with Crippen LogP contribution >= 0.6 is 0 Å². The number of nitrogens with one attached hydrogen (secondary N) is 1. The summed E-state index contributed by atoms with van der Waals surface area (Å²) in [5.74, 6) is 0.410. The molecule has 2 nitrogen and oxygen atoms in total. The second kappa shape index (κ2) is 3.77. The molecule has 1 heterocycles. The van der Waals surface area contributed by atoms with Gasteiger partial charge >= 0.3 is 0 Å². The number of hydrogen-bond donors (Lipinski definition) is 2. The molecule has 2 fully saturated rings. The minimum absolute atomic E-state index is 0.340. The van der Waals surface area contributed by atoms with E-state index in [4.69, 9.17) is 0 Å². The van der Waals surface area contributed by atoms with Crippen LogP contribution in [0.5, 0.6) is 5.75 Å². The fraction of sp³-hybridized carbons (Fsp3) is 0.571. The van der Waals surface area contributed by atoms with E-state index >= 15 is 0 Å². The predicted octanol–water partition coefficient (Wildman–Crippen LogP) is 2.57. The first-order chi connectivity index (χ1) is 7.78. The van der Waals surface area contributed by atoms with E-state index < -0.39 is 0 Å².